The molecular formula is C11H22N2O4. The second-order valence-corrected chi connectivity index (χ2v) is 4.38. The molecule has 0 aliphatic heterocycles. The maximum absolute atomic E-state index is 11.6. The van der Waals surface area contributed by atoms with Crippen LogP contribution in [0.25, 0.3) is 0 Å². The van der Waals surface area contributed by atoms with E-state index < -0.39 is 18.0 Å². The fourth-order valence-corrected chi connectivity index (χ4v) is 1.28. The van der Waals surface area contributed by atoms with Crippen LogP contribution in [-0.4, -0.2) is 55.4 Å². The van der Waals surface area contributed by atoms with Crippen LogP contribution in [-0.2, 0) is 9.53 Å². The third-order valence-electron chi connectivity index (χ3n) is 2.28. The van der Waals surface area contributed by atoms with Gasteiger partial charge in [0.1, 0.15) is 6.04 Å². The Morgan fingerprint density at radius 3 is 2.41 bits per heavy atom. The minimum Gasteiger partial charge on any atom is -0.480 e. The van der Waals surface area contributed by atoms with Crippen LogP contribution in [0.15, 0.2) is 0 Å². The Morgan fingerprint density at radius 2 is 2.00 bits per heavy atom. The Bertz CT molecular complexity index is 256. The molecule has 1 atom stereocenters. The van der Waals surface area contributed by atoms with Crippen molar-refractivity contribution in [1.29, 1.82) is 0 Å². The van der Waals surface area contributed by atoms with E-state index in [-0.39, 0.29) is 5.92 Å². The monoisotopic (exact) mass is 246 g/mol. The Balaban J connectivity index is 4.25. The number of hydrogen-bond acceptors (Lipinski definition) is 3. The van der Waals surface area contributed by atoms with Gasteiger partial charge in [0.2, 0.25) is 0 Å². The molecule has 0 aliphatic rings. The predicted octanol–water partition coefficient (Wildman–Crippen LogP) is 0.773. The van der Waals surface area contributed by atoms with Crippen molar-refractivity contribution in [3.8, 4) is 0 Å². The molecule has 0 saturated carbocycles. The second kappa shape index (κ2) is 7.89. The smallest absolute Gasteiger partial charge is 0.326 e. The number of carboxylic acids is 1. The lowest BCUT2D eigenvalue weighted by Crippen LogP contribution is -2.47. The molecule has 0 rings (SSSR count). The number of aliphatic carboxylic acids is 1. The quantitative estimate of drug-likeness (QED) is 0.695. The molecule has 100 valence electrons. The Morgan fingerprint density at radius 1 is 1.41 bits per heavy atom. The fourth-order valence-electron chi connectivity index (χ4n) is 1.28. The first-order chi connectivity index (χ1) is 7.88. The molecule has 0 radical (unpaired) electrons. The number of nitrogens with one attached hydrogen (secondary N) is 1. The van der Waals surface area contributed by atoms with E-state index in [9.17, 15) is 9.59 Å². The summed E-state index contributed by atoms with van der Waals surface area (Å²) in [6.45, 7) is 4.68. The van der Waals surface area contributed by atoms with E-state index in [1.54, 1.807) is 14.2 Å². The van der Waals surface area contributed by atoms with Crippen LogP contribution in [0.1, 0.15) is 20.3 Å². The number of nitrogens with zero attached hydrogens (tertiary/aromatic N) is 1. The van der Waals surface area contributed by atoms with Gasteiger partial charge in [0.15, 0.2) is 0 Å². The Kier molecular flexibility index (Phi) is 7.29. The van der Waals surface area contributed by atoms with E-state index in [0.29, 0.717) is 19.6 Å². The van der Waals surface area contributed by atoms with Gasteiger partial charge in [-0.15, -0.1) is 0 Å². The highest BCUT2D eigenvalue weighted by atomic mass is 16.5. The van der Waals surface area contributed by atoms with Crippen molar-refractivity contribution in [2.24, 2.45) is 5.92 Å². The van der Waals surface area contributed by atoms with E-state index in [4.69, 9.17) is 9.84 Å². The molecule has 6 heteroatoms. The van der Waals surface area contributed by atoms with Gasteiger partial charge >= 0.3 is 12.0 Å². The van der Waals surface area contributed by atoms with Gasteiger partial charge in [-0.3, -0.25) is 0 Å². The number of urea groups is 1. The van der Waals surface area contributed by atoms with Crippen LogP contribution in [0.2, 0.25) is 0 Å². The van der Waals surface area contributed by atoms with Crippen LogP contribution >= 0.6 is 0 Å². The van der Waals surface area contributed by atoms with Gasteiger partial charge in [-0.25, -0.2) is 9.59 Å². The van der Waals surface area contributed by atoms with Crippen molar-refractivity contribution in [3.05, 3.63) is 0 Å². The topological polar surface area (TPSA) is 78.9 Å². The summed E-state index contributed by atoms with van der Waals surface area (Å²) < 4.78 is 4.84. The van der Waals surface area contributed by atoms with Crippen molar-refractivity contribution in [2.45, 2.75) is 26.3 Å². The SMILES string of the molecule is COCCN(C)C(=O)N[C@H](CC(C)C)C(=O)O. The van der Waals surface area contributed by atoms with Gasteiger partial charge in [0, 0.05) is 20.7 Å². The summed E-state index contributed by atoms with van der Waals surface area (Å²) in [6.07, 6.45) is 0.416. The largest absolute Gasteiger partial charge is 0.480 e. The lowest BCUT2D eigenvalue weighted by molar-refractivity contribution is -0.139. The zero-order valence-electron chi connectivity index (χ0n) is 10.9. The van der Waals surface area contributed by atoms with Crippen molar-refractivity contribution < 1.29 is 19.4 Å². The number of rotatable bonds is 7. The van der Waals surface area contributed by atoms with Gasteiger partial charge in [-0.05, 0) is 12.3 Å². The molecule has 0 aromatic carbocycles. The van der Waals surface area contributed by atoms with Crippen LogP contribution in [0.4, 0.5) is 4.79 Å². The number of amides is 2. The van der Waals surface area contributed by atoms with E-state index >= 15 is 0 Å². The van der Waals surface area contributed by atoms with E-state index in [2.05, 4.69) is 5.32 Å². The summed E-state index contributed by atoms with van der Waals surface area (Å²) in [7, 11) is 3.15. The number of hydrogen-bond donors (Lipinski definition) is 2. The first kappa shape index (κ1) is 15.7. The Hall–Kier alpha value is -1.30. The molecule has 0 fully saturated rings. The molecule has 0 bridgehead atoms. The molecule has 2 N–H and O–H groups in total. The number of methoxy groups -OCH3 is 1. The first-order valence-electron chi connectivity index (χ1n) is 5.61. The molecule has 0 aromatic heterocycles. The first-order valence-corrected chi connectivity index (χ1v) is 5.61. The van der Waals surface area contributed by atoms with E-state index in [1.165, 1.54) is 4.90 Å². The van der Waals surface area contributed by atoms with Crippen molar-refractivity contribution in [2.75, 3.05) is 27.3 Å². The van der Waals surface area contributed by atoms with E-state index in [1.807, 2.05) is 13.8 Å². The molecule has 2 amide bonds. The third-order valence-corrected chi connectivity index (χ3v) is 2.28. The molecule has 0 unspecified atom stereocenters. The molecule has 17 heavy (non-hydrogen) atoms. The fraction of sp³-hybridized carbons (Fsp3) is 0.818. The molecule has 0 saturated heterocycles. The summed E-state index contributed by atoms with van der Waals surface area (Å²) in [5.74, 6) is -0.798. The second-order valence-electron chi connectivity index (χ2n) is 4.38. The summed E-state index contributed by atoms with van der Waals surface area (Å²) in [5, 5.41) is 11.5. The lowest BCUT2D eigenvalue weighted by atomic mass is 10.0. The van der Waals surface area contributed by atoms with Gasteiger partial charge in [0.05, 0.1) is 6.61 Å². The van der Waals surface area contributed by atoms with Gasteiger partial charge < -0.3 is 20.1 Å². The van der Waals surface area contributed by atoms with Gasteiger partial charge in [-0.1, -0.05) is 13.8 Å². The minimum absolute atomic E-state index is 0.209. The highest BCUT2D eigenvalue weighted by Crippen LogP contribution is 2.05. The normalized spacial score (nSPS) is 12.3. The standard InChI is InChI=1S/C11H22N2O4/c1-8(2)7-9(10(14)15)12-11(16)13(3)5-6-17-4/h8-9H,5-7H2,1-4H3,(H,12,16)(H,14,15)/t9-/m1/s1. The number of carboxylic acid groups (broad SMARTS) is 1. The predicted molar refractivity (Wildman–Crippen MR) is 63.9 cm³/mol. The van der Waals surface area contributed by atoms with Crippen LogP contribution in [0.5, 0.6) is 0 Å². The highest BCUT2D eigenvalue weighted by Gasteiger charge is 2.22. The molecular weight excluding hydrogens is 224 g/mol. The van der Waals surface area contributed by atoms with Crippen LogP contribution < -0.4 is 5.32 Å². The van der Waals surface area contributed by atoms with Crippen molar-refractivity contribution in [3.63, 3.8) is 0 Å². The molecule has 0 heterocycles. The number of likely N-dealkylation sites (N-methyl/N-ethyl adjacent to an activating group) is 1. The number of carbonyl (C=O) groups excluding carboxylic acids is 1. The van der Waals surface area contributed by atoms with Gasteiger partial charge in [0.25, 0.3) is 0 Å². The molecule has 0 aliphatic carbocycles. The highest BCUT2D eigenvalue weighted by molar-refractivity contribution is 5.82. The van der Waals surface area contributed by atoms with Crippen LogP contribution in [0.3, 0.4) is 0 Å². The lowest BCUT2D eigenvalue weighted by Gasteiger charge is -2.22. The maximum Gasteiger partial charge on any atom is 0.326 e. The third kappa shape index (κ3) is 6.78. The number of carbonyl (C=O) groups is 2. The summed E-state index contributed by atoms with van der Waals surface area (Å²) in [5.41, 5.74) is 0. The van der Waals surface area contributed by atoms with Crippen molar-refractivity contribution >= 4 is 12.0 Å². The molecule has 6 nitrogen and oxygen atoms in total. The summed E-state index contributed by atoms with van der Waals surface area (Å²) >= 11 is 0. The average molecular weight is 246 g/mol. The van der Waals surface area contributed by atoms with Crippen molar-refractivity contribution in [1.82, 2.24) is 10.2 Å². The maximum atomic E-state index is 11.6. The number of ether oxygens (including phenoxy) is 1. The van der Waals surface area contributed by atoms with E-state index in [0.717, 1.165) is 0 Å². The zero-order chi connectivity index (χ0) is 13.4. The average Bonchev–Trinajstić information content (AvgIpc) is 2.23. The zero-order valence-corrected chi connectivity index (χ0v) is 10.9. The Labute approximate surface area is 102 Å². The molecule has 0 spiro atoms. The molecule has 0 aromatic rings. The van der Waals surface area contributed by atoms with Gasteiger partial charge in [-0.2, -0.15) is 0 Å². The summed E-state index contributed by atoms with van der Waals surface area (Å²) in [6, 6.07) is -1.23. The minimum atomic E-state index is -1.01. The summed E-state index contributed by atoms with van der Waals surface area (Å²) in [4.78, 5) is 24.0. The van der Waals surface area contributed by atoms with Crippen LogP contribution in [0, 0.1) is 5.92 Å².